The fourth-order valence-electron chi connectivity index (χ4n) is 1.15. The van der Waals surface area contributed by atoms with Gasteiger partial charge in [0, 0.05) is 10.1 Å². The van der Waals surface area contributed by atoms with E-state index in [4.69, 9.17) is 0 Å². The third kappa shape index (κ3) is 1.58. The van der Waals surface area contributed by atoms with E-state index in [1.807, 2.05) is 24.5 Å². The molecule has 13 heavy (non-hydrogen) atoms. The van der Waals surface area contributed by atoms with Crippen LogP contribution in [0.2, 0.25) is 0 Å². The Balaban J connectivity index is 2.76. The zero-order valence-electron chi connectivity index (χ0n) is 6.87. The third-order valence-electron chi connectivity index (χ3n) is 1.80. The van der Waals surface area contributed by atoms with E-state index >= 15 is 0 Å². The first kappa shape index (κ1) is 9.37. The summed E-state index contributed by atoms with van der Waals surface area (Å²) < 4.78 is 3.11. The first-order chi connectivity index (χ1) is 6.22. The molecule has 0 saturated carbocycles. The van der Waals surface area contributed by atoms with Gasteiger partial charge in [0.2, 0.25) is 0 Å². The highest BCUT2D eigenvalue weighted by Gasteiger charge is 2.07. The molecule has 68 valence electrons. The van der Waals surface area contributed by atoms with Crippen LogP contribution in [0, 0.1) is 0 Å². The van der Waals surface area contributed by atoms with E-state index in [-0.39, 0.29) is 0 Å². The van der Waals surface area contributed by atoms with Crippen LogP contribution in [0.1, 0.15) is 0 Å². The van der Waals surface area contributed by atoms with Gasteiger partial charge in [-0.1, -0.05) is 0 Å². The predicted molar refractivity (Wildman–Crippen MR) is 63.0 cm³/mol. The lowest BCUT2D eigenvalue weighted by Crippen LogP contribution is -1.68. The number of thioether (sulfide) groups is 1. The van der Waals surface area contributed by atoms with Crippen molar-refractivity contribution >= 4 is 49.1 Å². The summed E-state index contributed by atoms with van der Waals surface area (Å²) in [6.07, 6.45) is 2.04. The number of benzene rings is 1. The van der Waals surface area contributed by atoms with Gasteiger partial charge in [-0.25, -0.2) is 0 Å². The molecule has 1 aromatic heterocycles. The van der Waals surface area contributed by atoms with Crippen LogP contribution >= 0.6 is 39.0 Å². The third-order valence-corrected chi connectivity index (χ3v) is 4.61. The highest BCUT2D eigenvalue weighted by molar-refractivity contribution is 9.10. The smallest absolute Gasteiger partial charge is 0.138 e. The standard InChI is InChI=1S/C9H7BrOS2/c1-12-8-4-5-7(13-8)3-2-6(10)9(5)11/h2-4,11H,1H3. The second-order valence-electron chi connectivity index (χ2n) is 2.58. The van der Waals surface area contributed by atoms with Crippen molar-refractivity contribution in [3.63, 3.8) is 0 Å². The van der Waals surface area contributed by atoms with Crippen LogP contribution < -0.4 is 0 Å². The number of phenolic OH excluding ortho intramolecular Hbond substituents is 1. The average molecular weight is 275 g/mol. The number of rotatable bonds is 1. The molecular formula is C9H7BrOS2. The maximum absolute atomic E-state index is 9.72. The predicted octanol–water partition coefficient (Wildman–Crippen LogP) is 4.09. The minimum Gasteiger partial charge on any atom is -0.506 e. The first-order valence-corrected chi connectivity index (χ1v) is 6.51. The van der Waals surface area contributed by atoms with Gasteiger partial charge in [-0.15, -0.1) is 23.1 Å². The molecule has 0 bridgehead atoms. The highest BCUT2D eigenvalue weighted by atomic mass is 79.9. The molecule has 0 fully saturated rings. The van der Waals surface area contributed by atoms with Crippen LogP contribution in [0.3, 0.4) is 0 Å². The lowest BCUT2D eigenvalue weighted by atomic mass is 10.2. The summed E-state index contributed by atoms with van der Waals surface area (Å²) >= 11 is 6.70. The molecule has 0 saturated heterocycles. The fraction of sp³-hybridized carbons (Fsp3) is 0.111. The van der Waals surface area contributed by atoms with Crippen molar-refractivity contribution in [1.82, 2.24) is 0 Å². The van der Waals surface area contributed by atoms with Crippen molar-refractivity contribution in [3.05, 3.63) is 22.7 Å². The number of hydrogen-bond donors (Lipinski definition) is 1. The topological polar surface area (TPSA) is 20.2 Å². The number of phenols is 1. The molecule has 1 N–H and O–H groups in total. The summed E-state index contributed by atoms with van der Waals surface area (Å²) in [6.45, 7) is 0. The Labute approximate surface area is 92.9 Å². The molecule has 4 heteroatoms. The van der Waals surface area contributed by atoms with Gasteiger partial charge in [0.1, 0.15) is 5.75 Å². The van der Waals surface area contributed by atoms with Crippen molar-refractivity contribution in [1.29, 1.82) is 0 Å². The van der Waals surface area contributed by atoms with Gasteiger partial charge in [-0.2, -0.15) is 0 Å². The van der Waals surface area contributed by atoms with E-state index in [1.54, 1.807) is 23.1 Å². The monoisotopic (exact) mass is 274 g/mol. The Morgan fingerprint density at radius 1 is 1.46 bits per heavy atom. The van der Waals surface area contributed by atoms with Crippen molar-refractivity contribution in [2.24, 2.45) is 0 Å². The molecule has 0 amide bonds. The molecule has 1 nitrogen and oxygen atoms in total. The molecule has 0 spiro atoms. The fourth-order valence-corrected chi connectivity index (χ4v) is 3.13. The van der Waals surface area contributed by atoms with Gasteiger partial charge >= 0.3 is 0 Å². The van der Waals surface area contributed by atoms with E-state index in [0.29, 0.717) is 5.75 Å². The maximum atomic E-state index is 9.72. The zero-order chi connectivity index (χ0) is 9.42. The quantitative estimate of drug-likeness (QED) is 0.791. The molecule has 2 rings (SSSR count). The van der Waals surface area contributed by atoms with E-state index < -0.39 is 0 Å². The van der Waals surface area contributed by atoms with E-state index in [9.17, 15) is 5.11 Å². The number of thiophene rings is 1. The van der Waals surface area contributed by atoms with Crippen LogP contribution in [-0.2, 0) is 0 Å². The summed E-state index contributed by atoms with van der Waals surface area (Å²) in [5.74, 6) is 0.342. The second kappa shape index (κ2) is 3.52. The van der Waals surface area contributed by atoms with Crippen LogP contribution in [0.25, 0.3) is 10.1 Å². The highest BCUT2D eigenvalue weighted by Crippen LogP contribution is 2.39. The Hall–Kier alpha value is -0.190. The molecule has 0 atom stereocenters. The normalized spacial score (nSPS) is 10.9. The van der Waals surface area contributed by atoms with Crippen molar-refractivity contribution in [3.8, 4) is 5.75 Å². The average Bonchev–Trinajstić information content (AvgIpc) is 2.55. The number of halogens is 1. The van der Waals surface area contributed by atoms with E-state index in [0.717, 1.165) is 14.6 Å². The second-order valence-corrected chi connectivity index (χ2v) is 5.62. The summed E-state index contributed by atoms with van der Waals surface area (Å²) in [7, 11) is 0. The summed E-state index contributed by atoms with van der Waals surface area (Å²) in [6, 6.07) is 5.91. The Kier molecular flexibility index (Phi) is 2.53. The largest absolute Gasteiger partial charge is 0.506 e. The Bertz CT molecular complexity index is 450. The SMILES string of the molecule is CSc1cc2c(O)c(Br)ccc2s1. The summed E-state index contributed by atoms with van der Waals surface area (Å²) in [4.78, 5) is 0. The number of hydrogen-bond acceptors (Lipinski definition) is 3. The molecule has 2 aromatic rings. The van der Waals surface area contributed by atoms with E-state index in [1.165, 1.54) is 4.21 Å². The van der Waals surface area contributed by atoms with Gasteiger partial charge < -0.3 is 5.11 Å². The van der Waals surface area contributed by atoms with Crippen LogP contribution in [-0.4, -0.2) is 11.4 Å². The van der Waals surface area contributed by atoms with Gasteiger partial charge in [-0.05, 0) is 40.4 Å². The molecule has 0 unspecified atom stereocenters. The Morgan fingerprint density at radius 2 is 2.23 bits per heavy atom. The molecular weight excluding hydrogens is 268 g/mol. The minimum atomic E-state index is 0.342. The molecule has 0 aliphatic carbocycles. The molecule has 0 radical (unpaired) electrons. The minimum absolute atomic E-state index is 0.342. The molecule has 1 heterocycles. The van der Waals surface area contributed by atoms with Gasteiger partial charge in [0.05, 0.1) is 8.68 Å². The van der Waals surface area contributed by atoms with Crippen LogP contribution in [0.4, 0.5) is 0 Å². The van der Waals surface area contributed by atoms with Gasteiger partial charge in [0.15, 0.2) is 0 Å². The van der Waals surface area contributed by atoms with Crippen LogP contribution in [0.15, 0.2) is 26.9 Å². The number of fused-ring (bicyclic) bond motifs is 1. The zero-order valence-corrected chi connectivity index (χ0v) is 10.1. The number of aromatic hydroxyl groups is 1. The molecule has 0 aliphatic rings. The van der Waals surface area contributed by atoms with Crippen LogP contribution in [0.5, 0.6) is 5.75 Å². The van der Waals surface area contributed by atoms with Crippen molar-refractivity contribution in [2.45, 2.75) is 4.21 Å². The lowest BCUT2D eigenvalue weighted by molar-refractivity contribution is 0.478. The Morgan fingerprint density at radius 3 is 2.92 bits per heavy atom. The molecule has 1 aromatic carbocycles. The van der Waals surface area contributed by atoms with Gasteiger partial charge in [-0.3, -0.25) is 0 Å². The summed E-state index contributed by atoms with van der Waals surface area (Å²) in [5.41, 5.74) is 0. The maximum Gasteiger partial charge on any atom is 0.138 e. The molecule has 0 aliphatic heterocycles. The van der Waals surface area contributed by atoms with Crippen molar-refractivity contribution < 1.29 is 5.11 Å². The first-order valence-electron chi connectivity index (χ1n) is 3.67. The van der Waals surface area contributed by atoms with Crippen molar-refractivity contribution in [2.75, 3.05) is 6.26 Å². The van der Waals surface area contributed by atoms with Gasteiger partial charge in [0.25, 0.3) is 0 Å². The van der Waals surface area contributed by atoms with E-state index in [2.05, 4.69) is 15.9 Å². The summed E-state index contributed by atoms with van der Waals surface area (Å²) in [5, 5.41) is 10.7. The lowest BCUT2D eigenvalue weighted by Gasteiger charge is -1.96.